The first-order valence-corrected chi connectivity index (χ1v) is 5.97. The molecule has 2 aliphatic carbocycles. The maximum Gasteiger partial charge on any atom is 0.309 e. The molecule has 0 aromatic rings. The van der Waals surface area contributed by atoms with Crippen LogP contribution in [-0.2, 0) is 9.53 Å². The lowest BCUT2D eigenvalue weighted by atomic mass is 9.67. The molecule has 14 heavy (non-hydrogen) atoms. The van der Waals surface area contributed by atoms with Gasteiger partial charge in [0.25, 0.3) is 0 Å². The molecule has 3 aliphatic rings. The Kier molecular flexibility index (Phi) is 1.71. The number of hydrogen-bond acceptors (Lipinski definition) is 2. The van der Waals surface area contributed by atoms with Crippen molar-refractivity contribution in [2.75, 3.05) is 0 Å². The van der Waals surface area contributed by atoms with E-state index in [0.717, 1.165) is 6.42 Å². The van der Waals surface area contributed by atoms with Crippen molar-refractivity contribution in [1.82, 2.24) is 0 Å². The highest BCUT2D eigenvalue weighted by Gasteiger charge is 2.60. The molecule has 0 aromatic heterocycles. The Bertz CT molecular complexity index is 273. The molecule has 3 fully saturated rings. The van der Waals surface area contributed by atoms with Crippen LogP contribution < -0.4 is 0 Å². The summed E-state index contributed by atoms with van der Waals surface area (Å²) in [5.41, 5.74) is -0.00521. The summed E-state index contributed by atoms with van der Waals surface area (Å²) in [6, 6.07) is 0. The van der Waals surface area contributed by atoms with Gasteiger partial charge >= 0.3 is 5.97 Å². The van der Waals surface area contributed by atoms with Gasteiger partial charge in [-0.1, -0.05) is 13.3 Å². The molecule has 1 aliphatic heterocycles. The Morgan fingerprint density at radius 1 is 1.29 bits per heavy atom. The molecule has 0 radical (unpaired) electrons. The Hall–Kier alpha value is -0.530. The molecule has 1 heterocycles. The van der Waals surface area contributed by atoms with Crippen LogP contribution in [0.5, 0.6) is 0 Å². The topological polar surface area (TPSA) is 26.3 Å². The molecular weight excluding hydrogens is 176 g/mol. The van der Waals surface area contributed by atoms with Crippen molar-refractivity contribution in [3.05, 3.63) is 0 Å². The van der Waals surface area contributed by atoms with Gasteiger partial charge in [0.15, 0.2) is 0 Å². The van der Waals surface area contributed by atoms with Gasteiger partial charge in [-0.25, -0.2) is 0 Å². The van der Waals surface area contributed by atoms with Gasteiger partial charge in [-0.15, -0.1) is 0 Å². The minimum atomic E-state index is -0.00521. The highest BCUT2D eigenvalue weighted by molar-refractivity contribution is 5.75. The van der Waals surface area contributed by atoms with E-state index in [-0.39, 0.29) is 17.5 Å². The third kappa shape index (κ3) is 0.896. The summed E-state index contributed by atoms with van der Waals surface area (Å²) < 4.78 is 5.75. The number of rotatable bonds is 0. The zero-order valence-electron chi connectivity index (χ0n) is 8.79. The number of hydrogen-bond donors (Lipinski definition) is 0. The fraction of sp³-hybridized carbons (Fsp3) is 0.917. The molecule has 1 saturated heterocycles. The van der Waals surface area contributed by atoms with Crippen LogP contribution in [0.15, 0.2) is 0 Å². The highest BCUT2D eigenvalue weighted by atomic mass is 16.6. The molecule has 1 spiro atoms. The van der Waals surface area contributed by atoms with E-state index in [9.17, 15) is 4.79 Å². The van der Waals surface area contributed by atoms with Crippen LogP contribution >= 0.6 is 0 Å². The molecular formula is C12H18O2. The maximum absolute atomic E-state index is 11.7. The Balaban J connectivity index is 1.99. The van der Waals surface area contributed by atoms with Crippen LogP contribution in [-0.4, -0.2) is 11.6 Å². The average Bonchev–Trinajstić information content (AvgIpc) is 2.67. The minimum Gasteiger partial charge on any atom is -0.458 e. The summed E-state index contributed by atoms with van der Waals surface area (Å²) in [5.74, 6) is 1.46. The van der Waals surface area contributed by atoms with Gasteiger partial charge in [0.2, 0.25) is 0 Å². The van der Waals surface area contributed by atoms with Crippen molar-refractivity contribution >= 4 is 5.97 Å². The number of ether oxygens (including phenoxy) is 1. The first kappa shape index (κ1) is 8.75. The summed E-state index contributed by atoms with van der Waals surface area (Å²) in [6.07, 6.45) is 7.49. The van der Waals surface area contributed by atoms with Crippen LogP contribution in [0.4, 0.5) is 0 Å². The fourth-order valence-electron chi connectivity index (χ4n) is 4.11. The zero-order valence-corrected chi connectivity index (χ0v) is 8.79. The van der Waals surface area contributed by atoms with E-state index in [0.29, 0.717) is 11.8 Å². The Morgan fingerprint density at radius 3 is 2.93 bits per heavy atom. The summed E-state index contributed by atoms with van der Waals surface area (Å²) in [6.45, 7) is 2.06. The first-order valence-electron chi connectivity index (χ1n) is 5.97. The number of carbonyl (C=O) groups is 1. The van der Waals surface area contributed by atoms with Crippen LogP contribution in [0.1, 0.15) is 45.4 Å². The molecule has 0 N–H and O–H groups in total. The van der Waals surface area contributed by atoms with Crippen LogP contribution in [0.2, 0.25) is 0 Å². The van der Waals surface area contributed by atoms with Crippen molar-refractivity contribution in [1.29, 1.82) is 0 Å². The van der Waals surface area contributed by atoms with Crippen LogP contribution in [0.3, 0.4) is 0 Å². The normalized spacial score (nSPS) is 51.2. The van der Waals surface area contributed by atoms with Crippen molar-refractivity contribution in [3.63, 3.8) is 0 Å². The monoisotopic (exact) mass is 194 g/mol. The highest BCUT2D eigenvalue weighted by Crippen LogP contribution is 2.57. The average molecular weight is 194 g/mol. The van der Waals surface area contributed by atoms with Crippen molar-refractivity contribution in [2.24, 2.45) is 17.8 Å². The number of carbonyl (C=O) groups excluding carboxylic acids is 1. The largest absolute Gasteiger partial charge is 0.458 e. The third-order valence-electron chi connectivity index (χ3n) is 4.77. The SMILES string of the molecule is CC1C(=O)OC23CCCC2CCCC13. The van der Waals surface area contributed by atoms with Gasteiger partial charge in [0.05, 0.1) is 5.92 Å². The van der Waals surface area contributed by atoms with Crippen LogP contribution in [0.25, 0.3) is 0 Å². The van der Waals surface area contributed by atoms with E-state index in [1.165, 1.54) is 32.1 Å². The predicted octanol–water partition coefficient (Wildman–Crippen LogP) is 2.52. The number of esters is 1. The molecule has 0 amide bonds. The first-order chi connectivity index (χ1) is 6.74. The van der Waals surface area contributed by atoms with E-state index in [4.69, 9.17) is 4.74 Å². The van der Waals surface area contributed by atoms with Crippen LogP contribution in [0, 0.1) is 17.8 Å². The Morgan fingerprint density at radius 2 is 2.07 bits per heavy atom. The fourth-order valence-corrected chi connectivity index (χ4v) is 4.11. The lowest BCUT2D eigenvalue weighted by molar-refractivity contribution is -0.155. The van der Waals surface area contributed by atoms with Gasteiger partial charge in [-0.05, 0) is 38.0 Å². The molecule has 2 heteroatoms. The Labute approximate surface area is 85.0 Å². The van der Waals surface area contributed by atoms with E-state index in [2.05, 4.69) is 6.92 Å². The van der Waals surface area contributed by atoms with Gasteiger partial charge in [0.1, 0.15) is 5.60 Å². The maximum atomic E-state index is 11.7. The third-order valence-corrected chi connectivity index (χ3v) is 4.77. The van der Waals surface area contributed by atoms with Crippen molar-refractivity contribution in [3.8, 4) is 0 Å². The second-order valence-electron chi connectivity index (χ2n) is 5.29. The van der Waals surface area contributed by atoms with Gasteiger partial charge in [-0.3, -0.25) is 4.79 Å². The second-order valence-corrected chi connectivity index (χ2v) is 5.29. The van der Waals surface area contributed by atoms with E-state index in [1.54, 1.807) is 0 Å². The van der Waals surface area contributed by atoms with Crippen molar-refractivity contribution < 1.29 is 9.53 Å². The van der Waals surface area contributed by atoms with E-state index >= 15 is 0 Å². The smallest absolute Gasteiger partial charge is 0.309 e. The zero-order chi connectivity index (χ0) is 9.76. The molecule has 0 bridgehead atoms. The summed E-state index contributed by atoms with van der Waals surface area (Å²) >= 11 is 0. The van der Waals surface area contributed by atoms with E-state index < -0.39 is 0 Å². The lowest BCUT2D eigenvalue weighted by Crippen LogP contribution is -2.43. The molecule has 78 valence electrons. The molecule has 2 saturated carbocycles. The molecule has 0 aromatic carbocycles. The molecule has 4 atom stereocenters. The van der Waals surface area contributed by atoms with Gasteiger partial charge < -0.3 is 4.74 Å². The standard InChI is InChI=1S/C12H18O2/c1-8-10-6-2-4-9-5-3-7-12(9,10)14-11(8)13/h8-10H,2-7H2,1H3. The lowest BCUT2D eigenvalue weighted by Gasteiger charge is -2.40. The van der Waals surface area contributed by atoms with E-state index in [1.807, 2.05) is 0 Å². The second kappa shape index (κ2) is 2.74. The van der Waals surface area contributed by atoms with Gasteiger partial charge in [-0.2, -0.15) is 0 Å². The summed E-state index contributed by atoms with van der Waals surface area (Å²) in [5, 5.41) is 0. The van der Waals surface area contributed by atoms with Gasteiger partial charge in [0, 0.05) is 5.92 Å². The summed E-state index contributed by atoms with van der Waals surface area (Å²) in [7, 11) is 0. The minimum absolute atomic E-state index is 0.00521. The molecule has 4 unspecified atom stereocenters. The van der Waals surface area contributed by atoms with Crippen molar-refractivity contribution in [2.45, 2.75) is 51.0 Å². The quantitative estimate of drug-likeness (QED) is 0.554. The molecule has 3 rings (SSSR count). The molecule has 2 nitrogen and oxygen atoms in total. The summed E-state index contributed by atoms with van der Waals surface area (Å²) in [4.78, 5) is 11.7. The predicted molar refractivity (Wildman–Crippen MR) is 52.7 cm³/mol.